The van der Waals surface area contributed by atoms with Crippen molar-refractivity contribution in [2.75, 3.05) is 18.5 Å². The Balaban J connectivity index is 2.42. The molecule has 1 saturated heterocycles. The first-order valence-corrected chi connectivity index (χ1v) is 7.73. The quantitative estimate of drug-likeness (QED) is 0.404. The Hall–Kier alpha value is -1.75. The van der Waals surface area contributed by atoms with Crippen LogP contribution in [0, 0.1) is 10.1 Å². The van der Waals surface area contributed by atoms with Crippen LogP contribution in [0.4, 0.5) is 11.4 Å². The van der Waals surface area contributed by atoms with Gasteiger partial charge in [0, 0.05) is 19.2 Å². The van der Waals surface area contributed by atoms with Gasteiger partial charge in [-0.3, -0.25) is 16.0 Å². The van der Waals surface area contributed by atoms with Crippen molar-refractivity contribution in [3.8, 4) is 0 Å². The number of sulfonamides is 1. The molecule has 9 nitrogen and oxygen atoms in total. The van der Waals surface area contributed by atoms with Gasteiger partial charge < -0.3 is 10.5 Å². The second kappa shape index (κ2) is 5.93. The fraction of sp³-hybridized carbons (Fsp3) is 0.455. The Morgan fingerprint density at radius 1 is 1.38 bits per heavy atom. The van der Waals surface area contributed by atoms with E-state index in [0.717, 1.165) is 16.4 Å². The van der Waals surface area contributed by atoms with Gasteiger partial charge in [0.15, 0.2) is 4.90 Å². The van der Waals surface area contributed by atoms with E-state index in [4.69, 9.17) is 5.84 Å². The Bertz CT molecular complexity index is 640. The molecule has 0 radical (unpaired) electrons. The molecule has 0 spiro atoms. The van der Waals surface area contributed by atoms with Crippen LogP contribution in [0.25, 0.3) is 0 Å². The van der Waals surface area contributed by atoms with Crippen LogP contribution in [-0.2, 0) is 10.0 Å². The third-order valence-corrected chi connectivity index (χ3v) is 5.31. The summed E-state index contributed by atoms with van der Waals surface area (Å²) in [6, 6.07) is 3.60. The SMILES string of the molecule is NNc1ccc(S(=O)(=O)N2CCC(O)CC2)c([N+](=O)[O-])c1. The van der Waals surface area contributed by atoms with E-state index in [2.05, 4.69) is 5.43 Å². The molecule has 4 N–H and O–H groups in total. The smallest absolute Gasteiger partial charge is 0.291 e. The molecule has 0 amide bonds. The Kier molecular flexibility index (Phi) is 4.42. The molecule has 116 valence electrons. The number of nitrogens with one attached hydrogen (secondary N) is 1. The lowest BCUT2D eigenvalue weighted by Crippen LogP contribution is -2.40. The third-order valence-electron chi connectivity index (χ3n) is 3.36. The predicted octanol–water partition coefficient (Wildman–Crippen LogP) is 0.0258. The first-order chi connectivity index (χ1) is 9.86. The highest BCUT2D eigenvalue weighted by atomic mass is 32.2. The van der Waals surface area contributed by atoms with E-state index >= 15 is 0 Å². The molecule has 1 heterocycles. The molecule has 0 atom stereocenters. The van der Waals surface area contributed by atoms with E-state index in [-0.39, 0.29) is 23.7 Å². The lowest BCUT2D eigenvalue weighted by molar-refractivity contribution is -0.387. The molecule has 1 aliphatic heterocycles. The molecule has 10 heteroatoms. The number of nitro benzene ring substituents is 1. The van der Waals surface area contributed by atoms with Crippen molar-refractivity contribution < 1.29 is 18.4 Å². The highest BCUT2D eigenvalue weighted by Gasteiger charge is 2.34. The molecule has 0 aromatic heterocycles. The van der Waals surface area contributed by atoms with Crippen LogP contribution in [0.2, 0.25) is 0 Å². The Labute approximate surface area is 121 Å². The molecule has 1 fully saturated rings. The zero-order chi connectivity index (χ0) is 15.6. The van der Waals surface area contributed by atoms with Crippen molar-refractivity contribution in [2.45, 2.75) is 23.8 Å². The summed E-state index contributed by atoms with van der Waals surface area (Å²) in [6.45, 7) is 0.273. The number of anilines is 1. The normalized spacial score (nSPS) is 17.6. The summed E-state index contributed by atoms with van der Waals surface area (Å²) in [5.41, 5.74) is 1.95. The molecule has 0 unspecified atom stereocenters. The van der Waals surface area contributed by atoms with Gasteiger partial charge in [-0.05, 0) is 25.0 Å². The summed E-state index contributed by atoms with van der Waals surface area (Å²) in [5, 5.41) is 20.5. The number of hydrogen-bond donors (Lipinski definition) is 3. The van der Waals surface area contributed by atoms with Gasteiger partial charge in [0.1, 0.15) is 0 Å². The first kappa shape index (κ1) is 15.6. The maximum Gasteiger partial charge on any atom is 0.291 e. The number of aliphatic hydroxyl groups is 1. The van der Waals surface area contributed by atoms with Gasteiger partial charge in [0.2, 0.25) is 10.0 Å². The van der Waals surface area contributed by atoms with Crippen molar-refractivity contribution in [3.05, 3.63) is 28.3 Å². The average Bonchev–Trinajstić information content (AvgIpc) is 2.47. The summed E-state index contributed by atoms with van der Waals surface area (Å²) in [7, 11) is -3.97. The molecule has 1 aliphatic rings. The van der Waals surface area contributed by atoms with Crippen molar-refractivity contribution >= 4 is 21.4 Å². The predicted molar refractivity (Wildman–Crippen MR) is 74.9 cm³/mol. The topological polar surface area (TPSA) is 139 Å². The standard InChI is InChI=1S/C11H16N4O5S/c12-13-8-1-2-11(10(7-8)15(17)18)21(19,20)14-5-3-9(16)4-6-14/h1-2,7,9,13,16H,3-6,12H2. The summed E-state index contributed by atoms with van der Waals surface area (Å²) in [6.07, 6.45) is 0.0977. The summed E-state index contributed by atoms with van der Waals surface area (Å²) >= 11 is 0. The van der Waals surface area contributed by atoms with Gasteiger partial charge >= 0.3 is 0 Å². The van der Waals surface area contributed by atoms with E-state index in [1.165, 1.54) is 6.07 Å². The van der Waals surface area contributed by atoms with Gasteiger partial charge in [-0.1, -0.05) is 0 Å². The van der Waals surface area contributed by atoms with Crippen LogP contribution in [0.1, 0.15) is 12.8 Å². The molecular weight excluding hydrogens is 300 g/mol. The van der Waals surface area contributed by atoms with E-state index in [1.54, 1.807) is 0 Å². The second-order valence-electron chi connectivity index (χ2n) is 4.72. The van der Waals surface area contributed by atoms with Crippen molar-refractivity contribution in [1.29, 1.82) is 0 Å². The van der Waals surface area contributed by atoms with Crippen LogP contribution in [-0.4, -0.2) is 41.9 Å². The number of hydrazine groups is 1. The van der Waals surface area contributed by atoms with Crippen LogP contribution in [0.3, 0.4) is 0 Å². The molecule has 0 aliphatic carbocycles. The number of piperidine rings is 1. The summed E-state index contributed by atoms with van der Waals surface area (Å²) in [5.74, 6) is 5.18. The number of rotatable bonds is 4. The van der Waals surface area contributed by atoms with Gasteiger partial charge in [0.25, 0.3) is 5.69 Å². The minimum atomic E-state index is -3.97. The maximum absolute atomic E-state index is 12.5. The highest BCUT2D eigenvalue weighted by molar-refractivity contribution is 7.89. The van der Waals surface area contributed by atoms with Crippen LogP contribution < -0.4 is 11.3 Å². The second-order valence-corrected chi connectivity index (χ2v) is 6.63. The Morgan fingerprint density at radius 3 is 2.52 bits per heavy atom. The minimum Gasteiger partial charge on any atom is -0.393 e. The molecule has 1 aromatic carbocycles. The zero-order valence-electron chi connectivity index (χ0n) is 11.1. The third kappa shape index (κ3) is 3.13. The van der Waals surface area contributed by atoms with Gasteiger partial charge in [0.05, 0.1) is 16.7 Å². The molecule has 21 heavy (non-hydrogen) atoms. The van der Waals surface area contributed by atoms with Crippen LogP contribution in [0.5, 0.6) is 0 Å². The number of nitrogens with two attached hydrogens (primary N) is 1. The molecule has 0 bridgehead atoms. The molecular formula is C11H16N4O5S. The maximum atomic E-state index is 12.5. The van der Waals surface area contributed by atoms with Crippen molar-refractivity contribution in [1.82, 2.24) is 4.31 Å². The van der Waals surface area contributed by atoms with Gasteiger partial charge in [-0.15, -0.1) is 0 Å². The monoisotopic (exact) mass is 316 g/mol. The lowest BCUT2D eigenvalue weighted by Gasteiger charge is -2.28. The lowest BCUT2D eigenvalue weighted by atomic mass is 10.1. The van der Waals surface area contributed by atoms with Gasteiger partial charge in [-0.2, -0.15) is 4.31 Å². The number of benzene rings is 1. The van der Waals surface area contributed by atoms with Gasteiger partial charge in [-0.25, -0.2) is 8.42 Å². The summed E-state index contributed by atoms with van der Waals surface area (Å²) < 4.78 is 26.2. The summed E-state index contributed by atoms with van der Waals surface area (Å²) in [4.78, 5) is 9.96. The van der Waals surface area contributed by atoms with Crippen molar-refractivity contribution in [3.63, 3.8) is 0 Å². The number of hydrogen-bond acceptors (Lipinski definition) is 7. The fourth-order valence-electron chi connectivity index (χ4n) is 2.19. The van der Waals surface area contributed by atoms with E-state index in [0.29, 0.717) is 12.8 Å². The van der Waals surface area contributed by atoms with Crippen LogP contribution in [0.15, 0.2) is 23.1 Å². The number of nitrogens with zero attached hydrogens (tertiary/aromatic N) is 2. The minimum absolute atomic E-state index is 0.136. The number of aliphatic hydroxyl groups excluding tert-OH is 1. The van der Waals surface area contributed by atoms with E-state index in [9.17, 15) is 23.6 Å². The molecule has 2 rings (SSSR count). The average molecular weight is 316 g/mol. The van der Waals surface area contributed by atoms with Crippen LogP contribution >= 0.6 is 0 Å². The molecule has 1 aromatic rings. The highest BCUT2D eigenvalue weighted by Crippen LogP contribution is 2.30. The van der Waals surface area contributed by atoms with E-state index in [1.807, 2.05) is 0 Å². The first-order valence-electron chi connectivity index (χ1n) is 6.29. The molecule has 0 saturated carbocycles. The zero-order valence-corrected chi connectivity index (χ0v) is 11.9. The largest absolute Gasteiger partial charge is 0.393 e. The Morgan fingerprint density at radius 2 is 2.00 bits per heavy atom. The number of nitro groups is 1. The fourth-order valence-corrected chi connectivity index (χ4v) is 3.80. The van der Waals surface area contributed by atoms with Crippen molar-refractivity contribution in [2.24, 2.45) is 5.84 Å². The number of nitrogen functional groups attached to an aromatic ring is 1. The van der Waals surface area contributed by atoms with E-state index < -0.39 is 26.7 Å².